The molecule has 2 aromatic rings. The molecule has 0 aliphatic carbocycles. The van der Waals surface area contributed by atoms with Crippen LogP contribution in [0.15, 0.2) is 48.7 Å². The zero-order valence-corrected chi connectivity index (χ0v) is 13.4. The molecule has 0 saturated carbocycles. The van der Waals surface area contributed by atoms with Crippen LogP contribution >= 0.6 is 11.6 Å². The zero-order valence-electron chi connectivity index (χ0n) is 12.6. The fraction of sp³-hybridized carbons (Fsp3) is 0.294. The van der Waals surface area contributed by atoms with Gasteiger partial charge in [-0.15, -0.1) is 0 Å². The highest BCUT2D eigenvalue weighted by molar-refractivity contribution is 6.30. The predicted octanol–water partition coefficient (Wildman–Crippen LogP) is 2.75. The predicted molar refractivity (Wildman–Crippen MR) is 88.8 cm³/mol. The molecule has 1 aliphatic heterocycles. The second-order valence-electron chi connectivity index (χ2n) is 5.43. The summed E-state index contributed by atoms with van der Waals surface area (Å²) >= 11 is 5.77. The average molecular weight is 332 g/mol. The smallest absolute Gasteiger partial charge is 0.317 e. The van der Waals surface area contributed by atoms with Gasteiger partial charge < -0.3 is 15.0 Å². The summed E-state index contributed by atoms with van der Waals surface area (Å²) in [6, 6.07) is 13.5. The third kappa shape index (κ3) is 4.36. The third-order valence-electron chi connectivity index (χ3n) is 3.66. The third-order valence-corrected chi connectivity index (χ3v) is 3.88. The number of nitrogens with one attached hydrogen (secondary N) is 1. The summed E-state index contributed by atoms with van der Waals surface area (Å²) in [4.78, 5) is 17.8. The number of carbonyl (C=O) groups is 1. The molecule has 0 radical (unpaired) electrons. The fourth-order valence-corrected chi connectivity index (χ4v) is 2.46. The van der Waals surface area contributed by atoms with Crippen LogP contribution in [0.3, 0.4) is 0 Å². The van der Waals surface area contributed by atoms with Gasteiger partial charge in [0.25, 0.3) is 0 Å². The maximum Gasteiger partial charge on any atom is 0.317 e. The molecule has 1 aromatic carbocycles. The summed E-state index contributed by atoms with van der Waals surface area (Å²) in [7, 11) is 0. The minimum atomic E-state index is -0.0511. The van der Waals surface area contributed by atoms with Gasteiger partial charge in [0, 0.05) is 18.8 Å². The summed E-state index contributed by atoms with van der Waals surface area (Å²) in [5.74, 6) is 0.531. The molecule has 1 fully saturated rings. The number of carbonyl (C=O) groups excluding carboxylic acids is 1. The Morgan fingerprint density at radius 3 is 2.74 bits per heavy atom. The average Bonchev–Trinajstić information content (AvgIpc) is 2.53. The van der Waals surface area contributed by atoms with Gasteiger partial charge in [-0.2, -0.15) is 0 Å². The molecule has 2 heterocycles. The van der Waals surface area contributed by atoms with Crippen LogP contribution in [0.1, 0.15) is 5.56 Å². The van der Waals surface area contributed by atoms with Gasteiger partial charge in [0.05, 0.1) is 18.1 Å². The first-order valence-electron chi connectivity index (χ1n) is 7.55. The van der Waals surface area contributed by atoms with E-state index in [1.165, 1.54) is 5.56 Å². The lowest BCUT2D eigenvalue weighted by Crippen LogP contribution is -2.59. The SMILES string of the molecule is O=C(NCCc1ccccc1)N1CC(Oc2ccc(Cl)cn2)C1. The second-order valence-corrected chi connectivity index (χ2v) is 5.86. The number of benzene rings is 1. The molecule has 3 rings (SSSR count). The largest absolute Gasteiger partial charge is 0.471 e. The summed E-state index contributed by atoms with van der Waals surface area (Å²) in [6.07, 6.45) is 2.36. The summed E-state index contributed by atoms with van der Waals surface area (Å²) < 4.78 is 5.67. The molecule has 6 heteroatoms. The van der Waals surface area contributed by atoms with Crippen molar-refractivity contribution in [3.63, 3.8) is 0 Å². The highest BCUT2D eigenvalue weighted by Crippen LogP contribution is 2.17. The van der Waals surface area contributed by atoms with E-state index in [0.717, 1.165) is 6.42 Å². The first-order chi connectivity index (χ1) is 11.2. The van der Waals surface area contributed by atoms with Crippen LogP contribution in [0.25, 0.3) is 0 Å². The monoisotopic (exact) mass is 331 g/mol. The normalized spacial score (nSPS) is 14.2. The Morgan fingerprint density at radius 1 is 1.26 bits per heavy atom. The number of hydrogen-bond acceptors (Lipinski definition) is 3. The van der Waals surface area contributed by atoms with Crippen LogP contribution in [0.5, 0.6) is 5.88 Å². The molecule has 1 aromatic heterocycles. The number of amides is 2. The number of halogens is 1. The summed E-state index contributed by atoms with van der Waals surface area (Å²) in [5, 5.41) is 3.50. The summed E-state index contributed by atoms with van der Waals surface area (Å²) in [5.41, 5.74) is 1.21. The standard InChI is InChI=1S/C17H18ClN3O2/c18-14-6-7-16(20-10-14)23-15-11-21(12-15)17(22)19-9-8-13-4-2-1-3-5-13/h1-7,10,15H,8-9,11-12H2,(H,19,22). The minimum Gasteiger partial charge on any atom is -0.471 e. The first kappa shape index (κ1) is 15.6. The molecule has 1 aliphatic rings. The van der Waals surface area contributed by atoms with Crippen molar-refractivity contribution in [2.45, 2.75) is 12.5 Å². The van der Waals surface area contributed by atoms with E-state index in [1.807, 2.05) is 18.2 Å². The van der Waals surface area contributed by atoms with E-state index in [9.17, 15) is 4.79 Å². The van der Waals surface area contributed by atoms with Crippen LogP contribution in [0.4, 0.5) is 4.79 Å². The lowest BCUT2D eigenvalue weighted by atomic mass is 10.1. The number of aromatic nitrogens is 1. The maximum atomic E-state index is 12.0. The molecule has 0 atom stereocenters. The van der Waals surface area contributed by atoms with Crippen LogP contribution < -0.4 is 10.1 Å². The summed E-state index contributed by atoms with van der Waals surface area (Å²) in [6.45, 7) is 1.77. The van der Waals surface area contributed by atoms with Gasteiger partial charge in [0.2, 0.25) is 5.88 Å². The van der Waals surface area contributed by atoms with Crippen molar-refractivity contribution in [1.29, 1.82) is 0 Å². The van der Waals surface area contributed by atoms with Gasteiger partial charge in [0.15, 0.2) is 0 Å². The lowest BCUT2D eigenvalue weighted by Gasteiger charge is -2.38. The van der Waals surface area contributed by atoms with E-state index in [1.54, 1.807) is 23.2 Å². The maximum absolute atomic E-state index is 12.0. The molecular formula is C17H18ClN3O2. The number of urea groups is 1. The van der Waals surface area contributed by atoms with Crippen molar-refractivity contribution in [3.8, 4) is 5.88 Å². The van der Waals surface area contributed by atoms with Crippen molar-refractivity contribution < 1.29 is 9.53 Å². The van der Waals surface area contributed by atoms with E-state index >= 15 is 0 Å². The topological polar surface area (TPSA) is 54.5 Å². The molecule has 2 amide bonds. The van der Waals surface area contributed by atoms with E-state index in [-0.39, 0.29) is 12.1 Å². The van der Waals surface area contributed by atoms with Gasteiger partial charge in [-0.05, 0) is 18.1 Å². The highest BCUT2D eigenvalue weighted by atomic mass is 35.5. The van der Waals surface area contributed by atoms with Gasteiger partial charge in [0.1, 0.15) is 6.10 Å². The van der Waals surface area contributed by atoms with E-state index in [4.69, 9.17) is 16.3 Å². The lowest BCUT2D eigenvalue weighted by molar-refractivity contribution is 0.0415. The molecule has 120 valence electrons. The van der Waals surface area contributed by atoms with Crippen molar-refractivity contribution in [3.05, 3.63) is 59.2 Å². The highest BCUT2D eigenvalue weighted by Gasteiger charge is 2.32. The Bertz CT molecular complexity index is 643. The Morgan fingerprint density at radius 2 is 2.04 bits per heavy atom. The first-order valence-corrected chi connectivity index (χ1v) is 7.93. The van der Waals surface area contributed by atoms with Crippen molar-refractivity contribution in [2.75, 3.05) is 19.6 Å². The Kier molecular flexibility index (Phi) is 4.98. The molecule has 1 saturated heterocycles. The van der Waals surface area contributed by atoms with Crippen molar-refractivity contribution in [1.82, 2.24) is 15.2 Å². The van der Waals surface area contributed by atoms with Crippen LogP contribution in [0.2, 0.25) is 5.02 Å². The minimum absolute atomic E-state index is 0.0106. The molecule has 0 unspecified atom stereocenters. The Labute approximate surface area is 140 Å². The zero-order chi connectivity index (χ0) is 16.1. The Hall–Kier alpha value is -2.27. The molecular weight excluding hydrogens is 314 g/mol. The molecule has 0 bridgehead atoms. The van der Waals surface area contributed by atoms with Crippen LogP contribution in [0, 0.1) is 0 Å². The number of hydrogen-bond donors (Lipinski definition) is 1. The number of nitrogens with zero attached hydrogens (tertiary/aromatic N) is 2. The van der Waals surface area contributed by atoms with Gasteiger partial charge in [-0.3, -0.25) is 0 Å². The van der Waals surface area contributed by atoms with E-state index in [0.29, 0.717) is 30.5 Å². The van der Waals surface area contributed by atoms with E-state index < -0.39 is 0 Å². The van der Waals surface area contributed by atoms with Crippen molar-refractivity contribution in [2.24, 2.45) is 0 Å². The van der Waals surface area contributed by atoms with E-state index in [2.05, 4.69) is 22.4 Å². The molecule has 0 spiro atoms. The number of pyridine rings is 1. The van der Waals surface area contributed by atoms with Gasteiger partial charge >= 0.3 is 6.03 Å². The number of likely N-dealkylation sites (tertiary alicyclic amines) is 1. The second kappa shape index (κ2) is 7.33. The van der Waals surface area contributed by atoms with Crippen LogP contribution in [-0.2, 0) is 6.42 Å². The Balaban J connectivity index is 1.35. The number of ether oxygens (including phenoxy) is 1. The molecule has 23 heavy (non-hydrogen) atoms. The number of rotatable bonds is 5. The fourth-order valence-electron chi connectivity index (χ4n) is 2.35. The molecule has 1 N–H and O–H groups in total. The van der Waals surface area contributed by atoms with Crippen molar-refractivity contribution >= 4 is 17.6 Å². The van der Waals surface area contributed by atoms with Crippen LogP contribution in [-0.4, -0.2) is 41.7 Å². The quantitative estimate of drug-likeness (QED) is 0.916. The van der Waals surface area contributed by atoms with Gasteiger partial charge in [-0.1, -0.05) is 41.9 Å². The molecule has 5 nitrogen and oxygen atoms in total. The van der Waals surface area contributed by atoms with Gasteiger partial charge in [-0.25, -0.2) is 9.78 Å².